The summed E-state index contributed by atoms with van der Waals surface area (Å²) in [7, 11) is 0. The quantitative estimate of drug-likeness (QED) is 0.407. The van der Waals surface area contributed by atoms with E-state index in [1.54, 1.807) is 0 Å². The molecule has 0 aromatic carbocycles. The van der Waals surface area contributed by atoms with Crippen molar-refractivity contribution in [1.29, 1.82) is 0 Å². The predicted molar refractivity (Wildman–Crippen MR) is 57.0 cm³/mol. The molecular weight excluding hydrogens is 146 g/mol. The molecule has 0 aliphatic carbocycles. The Kier molecular flexibility index (Phi) is 8.52. The molecule has 0 N–H and O–H groups in total. The van der Waals surface area contributed by atoms with Crippen molar-refractivity contribution in [1.82, 2.24) is 0 Å². The van der Waals surface area contributed by atoms with E-state index in [-0.39, 0.29) is 0 Å². The van der Waals surface area contributed by atoms with Gasteiger partial charge in [0.1, 0.15) is 0 Å². The first-order valence-corrected chi connectivity index (χ1v) is 5.31. The molecule has 72 valence electrons. The Hall–Kier alpha value is -0.330. The highest BCUT2D eigenvalue weighted by Gasteiger charge is 1.96. The van der Waals surface area contributed by atoms with E-state index in [1.807, 2.05) is 0 Å². The van der Waals surface area contributed by atoms with E-state index < -0.39 is 0 Å². The third-order valence-corrected chi connectivity index (χ3v) is 2.06. The first-order valence-electron chi connectivity index (χ1n) is 5.31. The van der Waals surface area contributed by atoms with E-state index in [4.69, 9.17) is 0 Å². The molecule has 1 heteroatoms. The van der Waals surface area contributed by atoms with Crippen LogP contribution in [0, 0.1) is 5.92 Å². The Labute approximate surface area is 77.3 Å². The average Bonchev–Trinajstić information content (AvgIpc) is 2.09. The van der Waals surface area contributed by atoms with E-state index in [0.29, 0.717) is 5.92 Å². The first kappa shape index (κ1) is 11.7. The molecule has 1 atom stereocenters. The van der Waals surface area contributed by atoms with Crippen molar-refractivity contribution in [3.8, 4) is 0 Å². The van der Waals surface area contributed by atoms with Crippen molar-refractivity contribution in [2.75, 3.05) is 6.54 Å². The molecular formula is C11H23N. The van der Waals surface area contributed by atoms with Crippen molar-refractivity contribution in [3.63, 3.8) is 0 Å². The lowest BCUT2D eigenvalue weighted by molar-refractivity contribution is 0.583. The smallest absolute Gasteiger partial charge is 0.0357 e. The minimum absolute atomic E-state index is 0.682. The summed E-state index contributed by atoms with van der Waals surface area (Å²) in [6.45, 7) is 7.52. The fourth-order valence-corrected chi connectivity index (χ4v) is 1.25. The number of hydrogen-bond donors (Lipinski definition) is 0. The fourth-order valence-electron chi connectivity index (χ4n) is 1.25. The second-order valence-electron chi connectivity index (χ2n) is 3.47. The van der Waals surface area contributed by atoms with Gasteiger partial charge in [-0.25, -0.2) is 0 Å². The van der Waals surface area contributed by atoms with Gasteiger partial charge >= 0.3 is 0 Å². The van der Waals surface area contributed by atoms with Gasteiger partial charge in [-0.05, 0) is 19.3 Å². The van der Waals surface area contributed by atoms with Crippen LogP contribution in [-0.4, -0.2) is 12.8 Å². The zero-order chi connectivity index (χ0) is 9.23. The lowest BCUT2D eigenvalue weighted by atomic mass is 10.0. The molecule has 0 spiro atoms. The summed E-state index contributed by atoms with van der Waals surface area (Å²) in [6, 6.07) is 0. The topological polar surface area (TPSA) is 12.4 Å². The maximum Gasteiger partial charge on any atom is 0.0357 e. The Morgan fingerprint density at radius 1 is 1.17 bits per heavy atom. The lowest BCUT2D eigenvalue weighted by Crippen LogP contribution is -1.96. The maximum atomic E-state index is 4.25. The summed E-state index contributed by atoms with van der Waals surface area (Å²) < 4.78 is 0. The average molecular weight is 169 g/mol. The molecule has 0 rings (SSSR count). The van der Waals surface area contributed by atoms with Gasteiger partial charge in [0, 0.05) is 12.8 Å². The number of unbranched alkanes of at least 4 members (excludes halogenated alkanes) is 3. The molecule has 1 nitrogen and oxygen atoms in total. The van der Waals surface area contributed by atoms with Crippen LogP contribution in [-0.2, 0) is 0 Å². The summed E-state index contributed by atoms with van der Waals surface area (Å²) in [5, 5.41) is 0. The van der Waals surface area contributed by atoms with Crippen LogP contribution in [0.3, 0.4) is 0 Å². The molecule has 0 heterocycles. The molecule has 0 aromatic rings. The summed E-state index contributed by atoms with van der Waals surface area (Å²) in [5.74, 6) is 0.682. The Morgan fingerprint density at radius 3 is 2.50 bits per heavy atom. The normalized spacial score (nSPS) is 13.9. The summed E-state index contributed by atoms with van der Waals surface area (Å²) in [4.78, 5) is 4.25. The Balaban J connectivity index is 3.19. The minimum Gasteiger partial charge on any atom is -0.298 e. The second-order valence-corrected chi connectivity index (χ2v) is 3.47. The SMILES string of the molecule is CCCCCCC(C)C=NCC. The number of nitrogens with zero attached hydrogens (tertiary/aromatic N) is 1. The number of rotatable bonds is 7. The van der Waals surface area contributed by atoms with Crippen LogP contribution in [0.25, 0.3) is 0 Å². The van der Waals surface area contributed by atoms with Gasteiger partial charge in [0.05, 0.1) is 0 Å². The molecule has 0 saturated carbocycles. The molecule has 1 unspecified atom stereocenters. The molecule has 0 radical (unpaired) electrons. The summed E-state index contributed by atoms with van der Waals surface area (Å²) >= 11 is 0. The fraction of sp³-hybridized carbons (Fsp3) is 0.909. The van der Waals surface area contributed by atoms with Gasteiger partial charge in [0.15, 0.2) is 0 Å². The van der Waals surface area contributed by atoms with E-state index in [2.05, 4.69) is 32.0 Å². The van der Waals surface area contributed by atoms with Crippen LogP contribution in [0.4, 0.5) is 0 Å². The standard InChI is InChI=1S/C11H23N/c1-4-6-7-8-9-11(3)10-12-5-2/h10-11H,4-9H2,1-3H3. The summed E-state index contributed by atoms with van der Waals surface area (Å²) in [5.41, 5.74) is 0. The van der Waals surface area contributed by atoms with Crippen LogP contribution < -0.4 is 0 Å². The van der Waals surface area contributed by atoms with Crippen molar-refractivity contribution in [2.24, 2.45) is 10.9 Å². The van der Waals surface area contributed by atoms with Crippen LogP contribution >= 0.6 is 0 Å². The van der Waals surface area contributed by atoms with Gasteiger partial charge < -0.3 is 0 Å². The Morgan fingerprint density at radius 2 is 1.92 bits per heavy atom. The van der Waals surface area contributed by atoms with Gasteiger partial charge in [-0.15, -0.1) is 0 Å². The van der Waals surface area contributed by atoms with Crippen molar-refractivity contribution < 1.29 is 0 Å². The van der Waals surface area contributed by atoms with Crippen LogP contribution in [0.5, 0.6) is 0 Å². The predicted octanol–water partition coefficient (Wildman–Crippen LogP) is 3.68. The van der Waals surface area contributed by atoms with Crippen molar-refractivity contribution in [2.45, 2.75) is 52.9 Å². The maximum absolute atomic E-state index is 4.25. The highest BCUT2D eigenvalue weighted by atomic mass is 14.7. The number of aliphatic imine (C=N–C) groups is 1. The van der Waals surface area contributed by atoms with Gasteiger partial charge in [0.2, 0.25) is 0 Å². The van der Waals surface area contributed by atoms with Crippen LogP contribution in [0.1, 0.15) is 52.9 Å². The molecule has 12 heavy (non-hydrogen) atoms. The minimum atomic E-state index is 0.682. The third kappa shape index (κ3) is 7.77. The molecule has 0 aromatic heterocycles. The molecule has 0 fully saturated rings. The highest BCUT2D eigenvalue weighted by molar-refractivity contribution is 5.59. The molecule has 0 aliphatic heterocycles. The molecule has 0 amide bonds. The summed E-state index contributed by atoms with van der Waals surface area (Å²) in [6.07, 6.45) is 8.88. The Bertz CT molecular complexity index is 108. The van der Waals surface area contributed by atoms with E-state index >= 15 is 0 Å². The molecule has 0 bridgehead atoms. The van der Waals surface area contributed by atoms with Crippen LogP contribution in [0.15, 0.2) is 4.99 Å². The van der Waals surface area contributed by atoms with Gasteiger partial charge in [-0.2, -0.15) is 0 Å². The molecule has 0 aliphatic rings. The number of hydrogen-bond acceptors (Lipinski definition) is 1. The van der Waals surface area contributed by atoms with Gasteiger partial charge in [-0.3, -0.25) is 4.99 Å². The first-order chi connectivity index (χ1) is 5.81. The zero-order valence-corrected chi connectivity index (χ0v) is 8.84. The van der Waals surface area contributed by atoms with Crippen molar-refractivity contribution >= 4 is 6.21 Å². The second kappa shape index (κ2) is 8.76. The largest absolute Gasteiger partial charge is 0.298 e. The van der Waals surface area contributed by atoms with E-state index in [9.17, 15) is 0 Å². The molecule has 0 saturated heterocycles. The van der Waals surface area contributed by atoms with Crippen LogP contribution in [0.2, 0.25) is 0 Å². The van der Waals surface area contributed by atoms with Gasteiger partial charge in [-0.1, -0.05) is 39.5 Å². The zero-order valence-electron chi connectivity index (χ0n) is 8.84. The van der Waals surface area contributed by atoms with E-state index in [0.717, 1.165) is 6.54 Å². The third-order valence-electron chi connectivity index (χ3n) is 2.06. The highest BCUT2D eigenvalue weighted by Crippen LogP contribution is 2.08. The van der Waals surface area contributed by atoms with Crippen molar-refractivity contribution in [3.05, 3.63) is 0 Å². The lowest BCUT2D eigenvalue weighted by Gasteiger charge is -2.03. The van der Waals surface area contributed by atoms with E-state index in [1.165, 1.54) is 32.1 Å². The van der Waals surface area contributed by atoms with Gasteiger partial charge in [0.25, 0.3) is 0 Å². The monoisotopic (exact) mass is 169 g/mol.